The summed E-state index contributed by atoms with van der Waals surface area (Å²) in [7, 11) is 1.48. The number of amides is 1. The molecule has 0 radical (unpaired) electrons. The zero-order valence-corrected chi connectivity index (χ0v) is 19.5. The molecule has 1 amide bonds. The molecule has 0 fully saturated rings. The summed E-state index contributed by atoms with van der Waals surface area (Å²) in [5.74, 6) is 0.663. The predicted molar refractivity (Wildman–Crippen MR) is 121 cm³/mol. The number of nitrogens with zero attached hydrogens (tertiary/aromatic N) is 3. The Balaban J connectivity index is 2.06. The lowest BCUT2D eigenvalue weighted by Gasteiger charge is -2.12. The van der Waals surface area contributed by atoms with Gasteiger partial charge in [0.25, 0.3) is 11.5 Å². The molecule has 0 spiro atoms. The van der Waals surface area contributed by atoms with Crippen molar-refractivity contribution in [2.45, 2.75) is 33.9 Å². The van der Waals surface area contributed by atoms with E-state index in [0.717, 1.165) is 15.8 Å². The maximum absolute atomic E-state index is 12.6. The molecule has 1 aromatic heterocycles. The van der Waals surface area contributed by atoms with Crippen LogP contribution in [0.1, 0.15) is 36.2 Å². The normalized spacial score (nSPS) is 11.0. The van der Waals surface area contributed by atoms with Crippen molar-refractivity contribution in [3.63, 3.8) is 0 Å². The summed E-state index contributed by atoms with van der Waals surface area (Å²) >= 11 is 3.46. The first-order valence-electron chi connectivity index (χ1n) is 9.63. The standard InChI is InChI=1S/C22H25BrN4O4/c1-14(2)12-31-20-6-5-16(8-19(20)23)10-25-26-21(28)11-27-15(3)7-17(13-30-4)18(9-24)22(27)29/h5-8,10,14H,11-13H2,1-4H3,(H,26,28)/b25-10-. The first kappa shape index (κ1) is 24.3. The highest BCUT2D eigenvalue weighted by Gasteiger charge is 2.14. The highest BCUT2D eigenvalue weighted by atomic mass is 79.9. The van der Waals surface area contributed by atoms with Gasteiger partial charge in [0.15, 0.2) is 0 Å². The van der Waals surface area contributed by atoms with Crippen LogP contribution in [0.2, 0.25) is 0 Å². The zero-order valence-electron chi connectivity index (χ0n) is 17.9. The summed E-state index contributed by atoms with van der Waals surface area (Å²) in [6.45, 7) is 6.34. The molecule has 31 heavy (non-hydrogen) atoms. The Morgan fingerprint density at radius 2 is 2.13 bits per heavy atom. The molecule has 0 unspecified atom stereocenters. The van der Waals surface area contributed by atoms with Gasteiger partial charge in [-0.05, 0) is 58.6 Å². The van der Waals surface area contributed by atoms with Gasteiger partial charge < -0.3 is 14.0 Å². The van der Waals surface area contributed by atoms with E-state index in [1.165, 1.54) is 17.9 Å². The smallest absolute Gasteiger partial charge is 0.269 e. The van der Waals surface area contributed by atoms with Crippen molar-refractivity contribution < 1.29 is 14.3 Å². The first-order valence-corrected chi connectivity index (χ1v) is 10.4. The minimum Gasteiger partial charge on any atom is -0.492 e. The van der Waals surface area contributed by atoms with E-state index < -0.39 is 11.5 Å². The third-order valence-corrected chi connectivity index (χ3v) is 4.85. The molecule has 0 bridgehead atoms. The number of hydrogen-bond donors (Lipinski definition) is 1. The Hall–Kier alpha value is -2.96. The molecule has 0 saturated carbocycles. The highest BCUT2D eigenvalue weighted by molar-refractivity contribution is 9.10. The number of nitriles is 1. The topological polar surface area (TPSA) is 106 Å². The van der Waals surface area contributed by atoms with Gasteiger partial charge in [-0.25, -0.2) is 5.43 Å². The van der Waals surface area contributed by atoms with Gasteiger partial charge in [-0.15, -0.1) is 0 Å². The van der Waals surface area contributed by atoms with Gasteiger partial charge in [0.2, 0.25) is 0 Å². The van der Waals surface area contributed by atoms with E-state index in [0.29, 0.717) is 23.8 Å². The molecule has 1 aromatic carbocycles. The molecule has 1 heterocycles. The summed E-state index contributed by atoms with van der Waals surface area (Å²) in [5.41, 5.74) is 3.64. The van der Waals surface area contributed by atoms with Crippen molar-refractivity contribution >= 4 is 28.1 Å². The van der Waals surface area contributed by atoms with Crippen molar-refractivity contribution in [1.29, 1.82) is 5.26 Å². The highest BCUT2D eigenvalue weighted by Crippen LogP contribution is 2.26. The summed E-state index contributed by atoms with van der Waals surface area (Å²) < 4.78 is 12.7. The van der Waals surface area contributed by atoms with Crippen molar-refractivity contribution in [1.82, 2.24) is 9.99 Å². The van der Waals surface area contributed by atoms with Crippen LogP contribution in [0.25, 0.3) is 0 Å². The van der Waals surface area contributed by atoms with E-state index in [1.54, 1.807) is 13.0 Å². The Morgan fingerprint density at radius 3 is 2.74 bits per heavy atom. The molecule has 1 N–H and O–H groups in total. The van der Waals surface area contributed by atoms with Crippen molar-refractivity contribution in [2.24, 2.45) is 11.0 Å². The van der Waals surface area contributed by atoms with E-state index in [4.69, 9.17) is 9.47 Å². The SMILES string of the molecule is COCc1cc(C)n(CC(=O)N/N=C\c2ccc(OCC(C)C)c(Br)c2)c(=O)c1C#N. The van der Waals surface area contributed by atoms with Crippen LogP contribution in [0.4, 0.5) is 0 Å². The molecule has 164 valence electrons. The number of hydrogen-bond acceptors (Lipinski definition) is 6. The van der Waals surface area contributed by atoms with Crippen LogP contribution in [-0.2, 0) is 22.7 Å². The number of aromatic nitrogens is 1. The van der Waals surface area contributed by atoms with Gasteiger partial charge in [-0.1, -0.05) is 13.8 Å². The number of halogens is 1. The third-order valence-electron chi connectivity index (χ3n) is 4.23. The zero-order chi connectivity index (χ0) is 23.0. The van der Waals surface area contributed by atoms with Crippen LogP contribution in [-0.4, -0.2) is 30.4 Å². The van der Waals surface area contributed by atoms with Gasteiger partial charge in [0.05, 0.1) is 23.9 Å². The first-order chi connectivity index (χ1) is 14.8. The molecular weight excluding hydrogens is 464 g/mol. The number of pyridine rings is 1. The van der Waals surface area contributed by atoms with Crippen LogP contribution < -0.4 is 15.7 Å². The lowest BCUT2D eigenvalue weighted by Crippen LogP contribution is -2.33. The quantitative estimate of drug-likeness (QED) is 0.431. The van der Waals surface area contributed by atoms with Crippen molar-refractivity contribution in [3.05, 3.63) is 61.5 Å². The molecule has 0 saturated heterocycles. The number of ether oxygens (including phenoxy) is 2. The molecule has 0 aliphatic rings. The number of benzene rings is 1. The Kier molecular flexibility index (Phi) is 8.97. The van der Waals surface area contributed by atoms with Crippen LogP contribution in [0.5, 0.6) is 5.75 Å². The number of carbonyl (C=O) groups excluding carboxylic acids is 1. The molecule has 0 aliphatic heterocycles. The Labute approximate surface area is 189 Å². The van der Waals surface area contributed by atoms with Crippen molar-refractivity contribution in [3.8, 4) is 11.8 Å². The molecule has 9 heteroatoms. The van der Waals surface area contributed by atoms with Gasteiger partial charge >= 0.3 is 0 Å². The van der Waals surface area contributed by atoms with Crippen molar-refractivity contribution in [2.75, 3.05) is 13.7 Å². The second-order valence-electron chi connectivity index (χ2n) is 7.31. The number of rotatable bonds is 9. The van der Waals surface area contributed by atoms with Gasteiger partial charge in [-0.3, -0.25) is 9.59 Å². The van der Waals surface area contributed by atoms with Gasteiger partial charge in [0, 0.05) is 18.4 Å². The van der Waals surface area contributed by atoms with E-state index in [9.17, 15) is 14.9 Å². The molecule has 2 aromatic rings. The lowest BCUT2D eigenvalue weighted by atomic mass is 10.1. The lowest BCUT2D eigenvalue weighted by molar-refractivity contribution is -0.121. The number of nitrogens with one attached hydrogen (secondary N) is 1. The fourth-order valence-electron chi connectivity index (χ4n) is 2.75. The minimum absolute atomic E-state index is 0.0339. The molecular formula is C22H25BrN4O4. The van der Waals surface area contributed by atoms with E-state index in [2.05, 4.69) is 40.3 Å². The number of carbonyl (C=O) groups is 1. The predicted octanol–water partition coefficient (Wildman–Crippen LogP) is 3.12. The second kappa shape index (κ2) is 11.4. The van der Waals surface area contributed by atoms with E-state index >= 15 is 0 Å². The average molecular weight is 489 g/mol. The molecule has 0 atom stereocenters. The van der Waals surface area contributed by atoms with E-state index in [-0.39, 0.29) is 18.7 Å². The average Bonchev–Trinajstić information content (AvgIpc) is 2.71. The monoisotopic (exact) mass is 488 g/mol. The molecule has 0 aliphatic carbocycles. The van der Waals surface area contributed by atoms with Crippen LogP contribution in [0.15, 0.2) is 38.6 Å². The van der Waals surface area contributed by atoms with Crippen LogP contribution in [0, 0.1) is 24.2 Å². The Bertz CT molecular complexity index is 1070. The summed E-state index contributed by atoms with van der Waals surface area (Å²) in [6, 6.07) is 9.02. The minimum atomic E-state index is -0.533. The Morgan fingerprint density at radius 1 is 1.39 bits per heavy atom. The number of aryl methyl sites for hydroxylation is 1. The molecule has 2 rings (SSSR count). The fraction of sp³-hybridized carbons (Fsp3) is 0.364. The van der Waals surface area contributed by atoms with Gasteiger partial charge in [0.1, 0.15) is 23.9 Å². The maximum Gasteiger partial charge on any atom is 0.269 e. The molecule has 8 nitrogen and oxygen atoms in total. The maximum atomic E-state index is 12.6. The largest absolute Gasteiger partial charge is 0.492 e. The summed E-state index contributed by atoms with van der Waals surface area (Å²) in [4.78, 5) is 24.8. The number of hydrazone groups is 1. The third kappa shape index (κ3) is 6.77. The van der Waals surface area contributed by atoms with Crippen LogP contribution in [0.3, 0.4) is 0 Å². The number of methoxy groups -OCH3 is 1. The summed E-state index contributed by atoms with van der Waals surface area (Å²) in [6.07, 6.45) is 1.49. The fourth-order valence-corrected chi connectivity index (χ4v) is 3.26. The van der Waals surface area contributed by atoms with Gasteiger partial charge in [-0.2, -0.15) is 10.4 Å². The van der Waals surface area contributed by atoms with Crippen LogP contribution >= 0.6 is 15.9 Å². The summed E-state index contributed by atoms with van der Waals surface area (Å²) in [5, 5.41) is 13.2. The van der Waals surface area contributed by atoms with E-state index in [1.807, 2.05) is 24.3 Å². The second-order valence-corrected chi connectivity index (χ2v) is 8.16.